The Morgan fingerprint density at radius 2 is 1.68 bits per heavy atom. The lowest BCUT2D eigenvalue weighted by Gasteiger charge is -2.15. The molecule has 100 valence electrons. The normalized spacial score (nSPS) is 12.1. The van der Waals surface area contributed by atoms with Crippen molar-refractivity contribution >= 4 is 0 Å². The maximum atomic E-state index is 9.55. The minimum Gasteiger partial charge on any atom is -0.494 e. The fraction of sp³-hybridized carbons (Fsp3) is 0.294. The van der Waals surface area contributed by atoms with E-state index in [0.717, 1.165) is 12.2 Å². The zero-order valence-electron chi connectivity index (χ0n) is 11.3. The summed E-state index contributed by atoms with van der Waals surface area (Å²) < 4.78 is 5.43. The maximum absolute atomic E-state index is 9.55. The Bertz CT molecular complexity index is 476. The highest BCUT2D eigenvalue weighted by Gasteiger charge is 2.10. The second kappa shape index (κ2) is 6.95. The average molecular weight is 256 g/mol. The van der Waals surface area contributed by atoms with E-state index in [1.54, 1.807) is 0 Å². The highest BCUT2D eigenvalue weighted by Crippen LogP contribution is 2.21. The summed E-state index contributed by atoms with van der Waals surface area (Å²) in [6.07, 6.45) is 0.840. The Labute approximate surface area is 114 Å². The standard InChI is InChI=1S/C17H20O2/c1-2-19-17-10-8-14(9-11-17)12-16(13-18)15-6-4-3-5-7-15/h3-11,16,18H,2,12-13H2,1H3. The van der Waals surface area contributed by atoms with Gasteiger partial charge in [-0.1, -0.05) is 42.5 Å². The molecule has 0 fully saturated rings. The minimum absolute atomic E-state index is 0.152. The van der Waals surface area contributed by atoms with Crippen LogP contribution in [0.15, 0.2) is 54.6 Å². The maximum Gasteiger partial charge on any atom is 0.119 e. The van der Waals surface area contributed by atoms with Crippen molar-refractivity contribution in [2.24, 2.45) is 0 Å². The van der Waals surface area contributed by atoms with Crippen LogP contribution in [0.2, 0.25) is 0 Å². The molecule has 0 heterocycles. The fourth-order valence-electron chi connectivity index (χ4n) is 2.19. The number of hydrogen-bond acceptors (Lipinski definition) is 2. The predicted octanol–water partition coefficient (Wildman–Crippen LogP) is 3.40. The van der Waals surface area contributed by atoms with Gasteiger partial charge in [-0.3, -0.25) is 0 Å². The molecular formula is C17H20O2. The first kappa shape index (κ1) is 13.6. The molecule has 2 rings (SSSR count). The molecule has 0 aliphatic carbocycles. The van der Waals surface area contributed by atoms with E-state index in [1.807, 2.05) is 37.3 Å². The summed E-state index contributed by atoms with van der Waals surface area (Å²) in [5.74, 6) is 1.05. The third kappa shape index (κ3) is 3.83. The van der Waals surface area contributed by atoms with E-state index >= 15 is 0 Å². The van der Waals surface area contributed by atoms with Crippen LogP contribution in [0.1, 0.15) is 24.0 Å². The van der Waals surface area contributed by atoms with E-state index in [2.05, 4.69) is 24.3 Å². The smallest absolute Gasteiger partial charge is 0.119 e. The van der Waals surface area contributed by atoms with Gasteiger partial charge in [0.15, 0.2) is 0 Å². The SMILES string of the molecule is CCOc1ccc(CC(CO)c2ccccc2)cc1. The molecule has 0 aromatic heterocycles. The highest BCUT2D eigenvalue weighted by atomic mass is 16.5. The quantitative estimate of drug-likeness (QED) is 0.858. The number of ether oxygens (including phenoxy) is 1. The lowest BCUT2D eigenvalue weighted by Crippen LogP contribution is -2.07. The first-order valence-corrected chi connectivity index (χ1v) is 6.71. The summed E-state index contributed by atoms with van der Waals surface area (Å²) in [5, 5.41) is 9.55. The summed E-state index contributed by atoms with van der Waals surface area (Å²) in [7, 11) is 0. The van der Waals surface area contributed by atoms with E-state index in [1.165, 1.54) is 11.1 Å². The van der Waals surface area contributed by atoms with Crippen molar-refractivity contribution in [1.82, 2.24) is 0 Å². The fourth-order valence-corrected chi connectivity index (χ4v) is 2.19. The average Bonchev–Trinajstić information content (AvgIpc) is 2.48. The van der Waals surface area contributed by atoms with Gasteiger partial charge in [0.25, 0.3) is 0 Å². The molecule has 0 saturated heterocycles. The van der Waals surface area contributed by atoms with Gasteiger partial charge < -0.3 is 9.84 Å². The molecule has 0 aliphatic rings. The van der Waals surface area contributed by atoms with Gasteiger partial charge in [0.05, 0.1) is 13.2 Å². The Hall–Kier alpha value is -1.80. The first-order chi connectivity index (χ1) is 9.33. The number of benzene rings is 2. The minimum atomic E-state index is 0.152. The molecule has 2 aromatic rings. The largest absolute Gasteiger partial charge is 0.494 e. The molecule has 2 nitrogen and oxygen atoms in total. The molecular weight excluding hydrogens is 236 g/mol. The van der Waals surface area contributed by atoms with Crippen LogP contribution in [0.5, 0.6) is 5.75 Å². The Morgan fingerprint density at radius 3 is 2.26 bits per heavy atom. The van der Waals surface area contributed by atoms with Crippen molar-refractivity contribution in [2.45, 2.75) is 19.3 Å². The summed E-state index contributed by atoms with van der Waals surface area (Å²) >= 11 is 0. The first-order valence-electron chi connectivity index (χ1n) is 6.71. The Balaban J connectivity index is 2.06. The number of hydrogen-bond donors (Lipinski definition) is 1. The van der Waals surface area contributed by atoms with E-state index in [4.69, 9.17) is 4.74 Å². The zero-order chi connectivity index (χ0) is 13.5. The molecule has 1 N–H and O–H groups in total. The molecule has 0 aliphatic heterocycles. The van der Waals surface area contributed by atoms with Crippen molar-refractivity contribution in [2.75, 3.05) is 13.2 Å². The molecule has 1 atom stereocenters. The lowest BCUT2D eigenvalue weighted by molar-refractivity contribution is 0.264. The van der Waals surface area contributed by atoms with Crippen molar-refractivity contribution in [3.05, 3.63) is 65.7 Å². The van der Waals surface area contributed by atoms with E-state index in [0.29, 0.717) is 6.61 Å². The number of aliphatic hydroxyl groups excluding tert-OH is 1. The molecule has 0 radical (unpaired) electrons. The van der Waals surface area contributed by atoms with Crippen LogP contribution in [0.4, 0.5) is 0 Å². The molecule has 19 heavy (non-hydrogen) atoms. The Morgan fingerprint density at radius 1 is 1.00 bits per heavy atom. The Kier molecular flexibility index (Phi) is 4.99. The van der Waals surface area contributed by atoms with Crippen LogP contribution in [0.25, 0.3) is 0 Å². The van der Waals surface area contributed by atoms with E-state index in [9.17, 15) is 5.11 Å². The van der Waals surface area contributed by atoms with Crippen LogP contribution in [0, 0.1) is 0 Å². The van der Waals surface area contributed by atoms with Gasteiger partial charge in [-0.05, 0) is 36.6 Å². The van der Waals surface area contributed by atoms with Gasteiger partial charge in [0.2, 0.25) is 0 Å². The van der Waals surface area contributed by atoms with Gasteiger partial charge in [-0.25, -0.2) is 0 Å². The molecule has 0 amide bonds. The highest BCUT2D eigenvalue weighted by molar-refractivity contribution is 5.29. The molecule has 0 bridgehead atoms. The van der Waals surface area contributed by atoms with Gasteiger partial charge in [-0.15, -0.1) is 0 Å². The zero-order valence-corrected chi connectivity index (χ0v) is 11.3. The molecule has 0 spiro atoms. The number of rotatable bonds is 6. The molecule has 1 unspecified atom stereocenters. The summed E-state index contributed by atoms with van der Waals surface area (Å²) in [4.78, 5) is 0. The van der Waals surface area contributed by atoms with E-state index < -0.39 is 0 Å². The number of aliphatic hydroxyl groups is 1. The van der Waals surface area contributed by atoms with Crippen LogP contribution < -0.4 is 4.74 Å². The predicted molar refractivity (Wildman–Crippen MR) is 77.6 cm³/mol. The second-order valence-electron chi connectivity index (χ2n) is 4.57. The van der Waals surface area contributed by atoms with Crippen molar-refractivity contribution in [3.63, 3.8) is 0 Å². The summed E-state index contributed by atoms with van der Waals surface area (Å²) in [6, 6.07) is 18.2. The van der Waals surface area contributed by atoms with Gasteiger partial charge >= 0.3 is 0 Å². The molecule has 2 aromatic carbocycles. The molecule has 2 heteroatoms. The topological polar surface area (TPSA) is 29.5 Å². The lowest BCUT2D eigenvalue weighted by atomic mass is 9.93. The van der Waals surface area contributed by atoms with Gasteiger partial charge in [-0.2, -0.15) is 0 Å². The molecule has 0 saturated carbocycles. The van der Waals surface area contributed by atoms with Crippen molar-refractivity contribution in [1.29, 1.82) is 0 Å². The van der Waals surface area contributed by atoms with Gasteiger partial charge in [0, 0.05) is 5.92 Å². The van der Waals surface area contributed by atoms with Crippen LogP contribution in [-0.2, 0) is 6.42 Å². The van der Waals surface area contributed by atoms with Gasteiger partial charge in [0.1, 0.15) is 5.75 Å². The van der Waals surface area contributed by atoms with Crippen molar-refractivity contribution in [3.8, 4) is 5.75 Å². The summed E-state index contributed by atoms with van der Waals surface area (Å²) in [6.45, 7) is 2.82. The van der Waals surface area contributed by atoms with Crippen LogP contribution >= 0.6 is 0 Å². The second-order valence-corrected chi connectivity index (χ2v) is 4.57. The summed E-state index contributed by atoms with van der Waals surface area (Å²) in [5.41, 5.74) is 2.39. The van der Waals surface area contributed by atoms with E-state index in [-0.39, 0.29) is 12.5 Å². The third-order valence-electron chi connectivity index (χ3n) is 3.21. The third-order valence-corrected chi connectivity index (χ3v) is 3.21. The monoisotopic (exact) mass is 256 g/mol. The van der Waals surface area contributed by atoms with Crippen LogP contribution in [-0.4, -0.2) is 18.3 Å². The van der Waals surface area contributed by atoms with Crippen LogP contribution in [0.3, 0.4) is 0 Å². The van der Waals surface area contributed by atoms with Crippen molar-refractivity contribution < 1.29 is 9.84 Å².